The van der Waals surface area contributed by atoms with Gasteiger partial charge in [-0.1, -0.05) is 33.8 Å². The Morgan fingerprint density at radius 3 is 2.93 bits per heavy atom. The smallest absolute Gasteiger partial charge is 0.272 e. The van der Waals surface area contributed by atoms with Crippen LogP contribution in [0, 0.1) is 17.3 Å². The lowest BCUT2D eigenvalue weighted by Crippen LogP contribution is -2.27. The molecule has 6 heteroatoms. The van der Waals surface area contributed by atoms with Gasteiger partial charge in [0.25, 0.3) is 5.91 Å². The van der Waals surface area contributed by atoms with E-state index < -0.39 is 0 Å². The molecule has 1 aromatic carbocycles. The molecule has 4 rings (SSSR count). The first-order chi connectivity index (χ1) is 14.3. The molecule has 0 bridgehead atoms. The van der Waals surface area contributed by atoms with Gasteiger partial charge in [-0.05, 0) is 66.2 Å². The fourth-order valence-electron chi connectivity index (χ4n) is 4.22. The van der Waals surface area contributed by atoms with Crippen molar-refractivity contribution >= 4 is 23.5 Å². The highest BCUT2D eigenvalue weighted by Crippen LogP contribution is 2.40. The van der Waals surface area contributed by atoms with Crippen molar-refractivity contribution in [2.75, 3.05) is 6.79 Å². The Hall–Kier alpha value is -2.34. The molecule has 1 aromatic heterocycles. The zero-order chi connectivity index (χ0) is 21.3. The summed E-state index contributed by atoms with van der Waals surface area (Å²) in [5.41, 5.74) is 6.21. The average Bonchev–Trinajstić information content (AvgIpc) is 3.33. The Balaban J connectivity index is 1.33. The number of thiophene rings is 1. The third-order valence-electron chi connectivity index (χ3n) is 6.11. The summed E-state index contributed by atoms with van der Waals surface area (Å²) in [5, 5.41) is 6.22. The van der Waals surface area contributed by atoms with Crippen molar-refractivity contribution < 1.29 is 14.3 Å². The minimum atomic E-state index is -0.103. The monoisotopic (exact) mass is 426 g/mol. The van der Waals surface area contributed by atoms with Gasteiger partial charge >= 0.3 is 0 Å². The number of nitrogens with one attached hydrogen (secondary N) is 1. The van der Waals surface area contributed by atoms with E-state index in [1.807, 2.05) is 23.6 Å². The van der Waals surface area contributed by atoms with Gasteiger partial charge in [-0.15, -0.1) is 11.3 Å². The van der Waals surface area contributed by atoms with E-state index in [4.69, 9.17) is 9.47 Å². The number of amides is 1. The Bertz CT molecular complexity index is 958. The van der Waals surface area contributed by atoms with Gasteiger partial charge in [0, 0.05) is 16.5 Å². The van der Waals surface area contributed by atoms with Crippen molar-refractivity contribution in [3.8, 4) is 11.5 Å². The van der Waals surface area contributed by atoms with Crippen molar-refractivity contribution in [2.45, 2.75) is 53.4 Å². The standard InChI is InChI=1S/C24H30N2O3S/c1-15(9-16-5-8-20-21(10-16)29-14-28-20)12-25-26-23(27)19-13-30-22-11-17(24(2,3)4)6-7-18(19)22/h5,8,10,12-13,15,17H,6-7,9,11,14H2,1-4H3,(H,26,27)/b25-12+/t15-,17+/m1/s1. The van der Waals surface area contributed by atoms with Gasteiger partial charge in [0.05, 0.1) is 5.56 Å². The highest BCUT2D eigenvalue weighted by atomic mass is 32.1. The number of fused-ring (bicyclic) bond motifs is 2. The van der Waals surface area contributed by atoms with Crippen LogP contribution in [-0.4, -0.2) is 18.9 Å². The molecule has 0 spiro atoms. The first-order valence-electron chi connectivity index (χ1n) is 10.6. The lowest BCUT2D eigenvalue weighted by Gasteiger charge is -2.33. The summed E-state index contributed by atoms with van der Waals surface area (Å²) in [4.78, 5) is 14.0. The molecule has 0 unspecified atom stereocenters. The highest BCUT2D eigenvalue weighted by Gasteiger charge is 2.31. The van der Waals surface area contributed by atoms with E-state index in [0.717, 1.165) is 48.3 Å². The van der Waals surface area contributed by atoms with E-state index in [9.17, 15) is 4.79 Å². The average molecular weight is 427 g/mol. The number of carbonyl (C=O) groups is 1. The van der Waals surface area contributed by atoms with Crippen LogP contribution < -0.4 is 14.9 Å². The second-order valence-corrected chi connectivity index (χ2v) is 10.4. The molecule has 0 saturated carbocycles. The maximum Gasteiger partial charge on any atom is 0.272 e. The van der Waals surface area contributed by atoms with Crippen LogP contribution in [0.3, 0.4) is 0 Å². The summed E-state index contributed by atoms with van der Waals surface area (Å²) in [5.74, 6) is 2.35. The van der Waals surface area contributed by atoms with E-state index in [0.29, 0.717) is 11.3 Å². The number of benzene rings is 1. The molecule has 160 valence electrons. The molecular formula is C24H30N2O3S. The van der Waals surface area contributed by atoms with Crippen LogP contribution in [0.15, 0.2) is 28.7 Å². The number of ether oxygens (including phenoxy) is 2. The van der Waals surface area contributed by atoms with E-state index in [-0.39, 0.29) is 18.6 Å². The van der Waals surface area contributed by atoms with Gasteiger partial charge in [0.2, 0.25) is 6.79 Å². The van der Waals surface area contributed by atoms with Gasteiger partial charge in [0.15, 0.2) is 11.5 Å². The molecule has 1 aliphatic carbocycles. The van der Waals surface area contributed by atoms with Crippen LogP contribution in [0.4, 0.5) is 0 Å². The molecule has 0 fully saturated rings. The second kappa shape index (κ2) is 8.42. The number of hydrazone groups is 1. The maximum absolute atomic E-state index is 12.7. The topological polar surface area (TPSA) is 59.9 Å². The Labute approximate surface area is 182 Å². The molecular weight excluding hydrogens is 396 g/mol. The lowest BCUT2D eigenvalue weighted by atomic mass is 9.72. The molecule has 2 aliphatic rings. The van der Waals surface area contributed by atoms with Crippen molar-refractivity contribution in [1.82, 2.24) is 5.43 Å². The Morgan fingerprint density at radius 1 is 1.33 bits per heavy atom. The Kier molecular flexibility index (Phi) is 5.87. The van der Waals surface area contributed by atoms with E-state index >= 15 is 0 Å². The third kappa shape index (κ3) is 4.53. The summed E-state index contributed by atoms with van der Waals surface area (Å²) in [6, 6.07) is 5.99. The lowest BCUT2D eigenvalue weighted by molar-refractivity contribution is 0.0954. The summed E-state index contributed by atoms with van der Waals surface area (Å²) in [6.07, 6.45) is 5.82. The predicted octanol–water partition coefficient (Wildman–Crippen LogP) is 5.22. The quantitative estimate of drug-likeness (QED) is 0.527. The maximum atomic E-state index is 12.7. The fourth-order valence-corrected chi connectivity index (χ4v) is 5.38. The molecule has 1 N–H and O–H groups in total. The molecule has 0 radical (unpaired) electrons. The highest BCUT2D eigenvalue weighted by molar-refractivity contribution is 7.10. The molecule has 1 aliphatic heterocycles. The Morgan fingerprint density at radius 2 is 2.13 bits per heavy atom. The minimum Gasteiger partial charge on any atom is -0.454 e. The van der Waals surface area contributed by atoms with Gasteiger partial charge in [0.1, 0.15) is 0 Å². The molecule has 2 atom stereocenters. The molecule has 1 amide bonds. The summed E-state index contributed by atoms with van der Waals surface area (Å²) in [7, 11) is 0. The molecule has 0 saturated heterocycles. The van der Waals surface area contributed by atoms with Crippen LogP contribution in [0.5, 0.6) is 11.5 Å². The number of carbonyl (C=O) groups excluding carboxylic acids is 1. The van der Waals surface area contributed by atoms with Crippen LogP contribution in [0.25, 0.3) is 0 Å². The van der Waals surface area contributed by atoms with Crippen molar-refractivity contribution in [3.05, 3.63) is 45.1 Å². The van der Waals surface area contributed by atoms with Gasteiger partial charge in [-0.3, -0.25) is 4.79 Å². The third-order valence-corrected chi connectivity index (χ3v) is 7.17. The van der Waals surface area contributed by atoms with Crippen LogP contribution in [-0.2, 0) is 19.3 Å². The van der Waals surface area contributed by atoms with Crippen LogP contribution in [0.2, 0.25) is 0 Å². The summed E-state index contributed by atoms with van der Waals surface area (Å²) < 4.78 is 10.8. The SMILES string of the molecule is C[C@@H](/C=N/NC(=O)c1csc2c1CC[C@H](C(C)(C)C)C2)Cc1ccc2c(c1)OCO2. The minimum absolute atomic E-state index is 0.103. The van der Waals surface area contributed by atoms with E-state index in [2.05, 4.69) is 38.2 Å². The zero-order valence-corrected chi connectivity index (χ0v) is 19.0. The first kappa shape index (κ1) is 20.9. The van der Waals surface area contributed by atoms with E-state index in [1.165, 1.54) is 10.4 Å². The number of hydrogen-bond acceptors (Lipinski definition) is 5. The molecule has 2 heterocycles. The number of hydrogen-bond donors (Lipinski definition) is 1. The normalized spacial score (nSPS) is 19.0. The number of nitrogens with zero attached hydrogens (tertiary/aromatic N) is 1. The summed E-state index contributed by atoms with van der Waals surface area (Å²) >= 11 is 1.72. The van der Waals surface area contributed by atoms with Crippen LogP contribution in [0.1, 0.15) is 60.5 Å². The molecule has 2 aromatic rings. The van der Waals surface area contributed by atoms with Gasteiger partial charge in [-0.2, -0.15) is 5.10 Å². The van der Waals surface area contributed by atoms with Crippen molar-refractivity contribution in [1.29, 1.82) is 0 Å². The zero-order valence-electron chi connectivity index (χ0n) is 18.2. The van der Waals surface area contributed by atoms with Gasteiger partial charge in [-0.25, -0.2) is 5.43 Å². The second-order valence-electron chi connectivity index (χ2n) is 9.44. The predicted molar refractivity (Wildman–Crippen MR) is 121 cm³/mol. The van der Waals surface area contributed by atoms with Crippen molar-refractivity contribution in [2.24, 2.45) is 22.4 Å². The molecule has 30 heavy (non-hydrogen) atoms. The fraction of sp³-hybridized carbons (Fsp3) is 0.500. The first-order valence-corrected chi connectivity index (χ1v) is 11.5. The van der Waals surface area contributed by atoms with Crippen molar-refractivity contribution in [3.63, 3.8) is 0 Å². The van der Waals surface area contributed by atoms with Crippen LogP contribution >= 0.6 is 11.3 Å². The van der Waals surface area contributed by atoms with Gasteiger partial charge < -0.3 is 9.47 Å². The molecule has 5 nitrogen and oxygen atoms in total. The largest absolute Gasteiger partial charge is 0.454 e. The summed E-state index contributed by atoms with van der Waals surface area (Å²) in [6.45, 7) is 9.29. The number of rotatable bonds is 5. The van der Waals surface area contributed by atoms with E-state index in [1.54, 1.807) is 17.6 Å².